The molecule has 1 amide bonds. The van der Waals surface area contributed by atoms with Gasteiger partial charge in [0.2, 0.25) is 0 Å². The van der Waals surface area contributed by atoms with Gasteiger partial charge in [0.15, 0.2) is 5.13 Å². The molecule has 1 saturated carbocycles. The minimum atomic E-state index is -0.630. The Morgan fingerprint density at radius 1 is 1.37 bits per heavy atom. The molecule has 2 aromatic heterocycles. The molecular weight excluding hydrogens is 426 g/mol. The molecule has 30 heavy (non-hydrogen) atoms. The van der Waals surface area contributed by atoms with E-state index in [0.29, 0.717) is 21.6 Å². The van der Waals surface area contributed by atoms with Crippen molar-refractivity contribution in [2.24, 2.45) is 0 Å². The number of pyridine rings is 1. The van der Waals surface area contributed by atoms with Crippen LogP contribution in [0.2, 0.25) is 0 Å². The zero-order chi connectivity index (χ0) is 21.3. The summed E-state index contributed by atoms with van der Waals surface area (Å²) in [6, 6.07) is 7.21. The van der Waals surface area contributed by atoms with Crippen LogP contribution in [-0.2, 0) is 6.42 Å². The van der Waals surface area contributed by atoms with Crippen molar-refractivity contribution < 1.29 is 13.6 Å². The van der Waals surface area contributed by atoms with Gasteiger partial charge in [0, 0.05) is 35.2 Å². The summed E-state index contributed by atoms with van der Waals surface area (Å²) in [6.07, 6.45) is 5.67. The van der Waals surface area contributed by atoms with Gasteiger partial charge in [-0.25, -0.2) is 18.7 Å². The first-order chi connectivity index (χ1) is 14.5. The molecule has 0 spiro atoms. The Bertz CT molecular complexity index is 1170. The number of thiazole rings is 1. The van der Waals surface area contributed by atoms with Crippen molar-refractivity contribution in [2.75, 3.05) is 11.6 Å². The fraction of sp³-hybridized carbons (Fsp3) is 0.238. The minimum Gasteiger partial charge on any atom is -0.298 e. The third-order valence-corrected chi connectivity index (χ3v) is 6.30. The van der Waals surface area contributed by atoms with Crippen LogP contribution >= 0.6 is 23.1 Å². The molecule has 1 aliphatic carbocycles. The van der Waals surface area contributed by atoms with Crippen molar-refractivity contribution in [3.63, 3.8) is 0 Å². The van der Waals surface area contributed by atoms with E-state index in [4.69, 9.17) is 0 Å². The lowest BCUT2D eigenvalue weighted by Gasteiger charge is -2.10. The molecule has 0 unspecified atom stereocenters. The SMILES string of the molecule is CSc1nc(C2CC2)cc(C(=O)Nc2ncc(Cc3ccc(F)cc3F)s2)c1C#N. The van der Waals surface area contributed by atoms with Crippen molar-refractivity contribution in [3.8, 4) is 6.07 Å². The maximum atomic E-state index is 13.9. The lowest BCUT2D eigenvalue weighted by molar-refractivity contribution is 0.102. The molecule has 3 aromatic rings. The van der Waals surface area contributed by atoms with Gasteiger partial charge >= 0.3 is 0 Å². The van der Waals surface area contributed by atoms with Crippen LogP contribution in [0.3, 0.4) is 0 Å². The summed E-state index contributed by atoms with van der Waals surface area (Å²) < 4.78 is 26.9. The van der Waals surface area contributed by atoms with Crippen molar-refractivity contribution >= 4 is 34.1 Å². The fourth-order valence-corrected chi connectivity index (χ4v) is 4.41. The Hall–Kier alpha value is -2.83. The number of thioether (sulfide) groups is 1. The van der Waals surface area contributed by atoms with E-state index < -0.39 is 17.5 Å². The van der Waals surface area contributed by atoms with Crippen LogP contribution in [0.25, 0.3) is 0 Å². The van der Waals surface area contributed by atoms with Gasteiger partial charge in [-0.2, -0.15) is 5.26 Å². The van der Waals surface area contributed by atoms with Gasteiger partial charge in [-0.1, -0.05) is 6.07 Å². The first kappa shape index (κ1) is 20.4. The van der Waals surface area contributed by atoms with Crippen molar-refractivity contribution in [3.05, 3.63) is 69.4 Å². The highest BCUT2D eigenvalue weighted by atomic mass is 32.2. The Kier molecular flexibility index (Phi) is 5.79. The predicted octanol–water partition coefficient (Wildman–Crippen LogP) is 5.13. The summed E-state index contributed by atoms with van der Waals surface area (Å²) >= 11 is 2.54. The zero-order valence-corrected chi connectivity index (χ0v) is 17.5. The van der Waals surface area contributed by atoms with E-state index in [1.165, 1.54) is 35.2 Å². The first-order valence-corrected chi connectivity index (χ1v) is 11.2. The van der Waals surface area contributed by atoms with Gasteiger partial charge < -0.3 is 0 Å². The number of anilines is 1. The number of benzene rings is 1. The zero-order valence-electron chi connectivity index (χ0n) is 15.9. The highest BCUT2D eigenvalue weighted by molar-refractivity contribution is 7.98. The number of carbonyl (C=O) groups is 1. The average Bonchev–Trinajstić information content (AvgIpc) is 3.49. The molecule has 0 atom stereocenters. The summed E-state index contributed by atoms with van der Waals surface area (Å²) in [5, 5.41) is 13.2. The quantitative estimate of drug-likeness (QED) is 0.536. The normalized spacial score (nSPS) is 13.1. The Labute approximate surface area is 180 Å². The number of nitrogens with zero attached hydrogens (tertiary/aromatic N) is 3. The molecule has 4 rings (SSSR count). The molecule has 1 aromatic carbocycles. The van der Waals surface area contributed by atoms with Crippen LogP contribution in [0.1, 0.15) is 50.8 Å². The van der Waals surface area contributed by atoms with E-state index in [1.807, 2.05) is 6.26 Å². The summed E-state index contributed by atoms with van der Waals surface area (Å²) in [5.74, 6) is -1.34. The number of nitriles is 1. The molecular formula is C21H16F2N4OS2. The summed E-state index contributed by atoms with van der Waals surface area (Å²) in [4.78, 5) is 22.3. The lowest BCUT2D eigenvalue weighted by atomic mass is 10.1. The fourth-order valence-electron chi connectivity index (χ4n) is 3.03. The molecule has 0 aliphatic heterocycles. The molecule has 0 radical (unpaired) electrons. The number of hydrogen-bond donors (Lipinski definition) is 1. The summed E-state index contributed by atoms with van der Waals surface area (Å²) in [7, 11) is 0. The Morgan fingerprint density at radius 3 is 2.83 bits per heavy atom. The Morgan fingerprint density at radius 2 is 2.17 bits per heavy atom. The maximum Gasteiger partial charge on any atom is 0.258 e. The third kappa shape index (κ3) is 4.35. The number of carbonyl (C=O) groups excluding carboxylic acids is 1. The van der Waals surface area contributed by atoms with Crippen LogP contribution in [-0.4, -0.2) is 22.1 Å². The summed E-state index contributed by atoms with van der Waals surface area (Å²) in [6.45, 7) is 0. The Balaban J connectivity index is 1.55. The van der Waals surface area contributed by atoms with Gasteiger partial charge in [0.05, 0.1) is 11.1 Å². The van der Waals surface area contributed by atoms with Crippen molar-refractivity contribution in [2.45, 2.75) is 30.2 Å². The topological polar surface area (TPSA) is 78.7 Å². The molecule has 0 saturated heterocycles. The molecule has 1 fully saturated rings. The molecule has 9 heteroatoms. The smallest absolute Gasteiger partial charge is 0.258 e. The molecule has 0 bridgehead atoms. The van der Waals surface area contributed by atoms with E-state index in [-0.39, 0.29) is 17.5 Å². The van der Waals surface area contributed by atoms with Crippen LogP contribution in [0.4, 0.5) is 13.9 Å². The highest BCUT2D eigenvalue weighted by Gasteiger charge is 2.28. The largest absolute Gasteiger partial charge is 0.298 e. The van der Waals surface area contributed by atoms with E-state index in [1.54, 1.807) is 12.3 Å². The van der Waals surface area contributed by atoms with Crippen LogP contribution in [0.15, 0.2) is 35.5 Å². The number of aromatic nitrogens is 2. The molecule has 1 aliphatic rings. The number of amides is 1. The van der Waals surface area contributed by atoms with Gasteiger partial charge in [0.25, 0.3) is 5.91 Å². The average molecular weight is 443 g/mol. The maximum absolute atomic E-state index is 13.9. The van der Waals surface area contributed by atoms with Crippen molar-refractivity contribution in [1.82, 2.24) is 9.97 Å². The first-order valence-electron chi connectivity index (χ1n) is 9.17. The van der Waals surface area contributed by atoms with Crippen LogP contribution < -0.4 is 5.32 Å². The third-order valence-electron chi connectivity index (χ3n) is 4.71. The predicted molar refractivity (Wildman–Crippen MR) is 112 cm³/mol. The van der Waals surface area contributed by atoms with E-state index in [0.717, 1.165) is 29.5 Å². The molecule has 5 nitrogen and oxygen atoms in total. The van der Waals surface area contributed by atoms with Gasteiger partial charge in [-0.3, -0.25) is 10.1 Å². The van der Waals surface area contributed by atoms with Gasteiger partial charge in [-0.05, 0) is 36.8 Å². The molecule has 1 N–H and O–H groups in total. The van der Waals surface area contributed by atoms with E-state index in [2.05, 4.69) is 21.4 Å². The molecule has 2 heterocycles. The molecule has 152 valence electrons. The van der Waals surface area contributed by atoms with Crippen LogP contribution in [0.5, 0.6) is 0 Å². The number of hydrogen-bond acceptors (Lipinski definition) is 6. The number of rotatable bonds is 6. The standard InChI is InChI=1S/C21H16F2N4OS2/c1-29-20-16(9-24)15(8-18(26-20)11-2-3-11)19(28)27-21-25-10-14(30-21)6-12-4-5-13(22)7-17(12)23/h4-5,7-8,10-11H,2-3,6H2,1H3,(H,25,27,28). The minimum absolute atomic E-state index is 0.237. The lowest BCUT2D eigenvalue weighted by Crippen LogP contribution is -2.15. The second-order valence-electron chi connectivity index (χ2n) is 6.86. The van der Waals surface area contributed by atoms with Crippen molar-refractivity contribution in [1.29, 1.82) is 5.26 Å². The van der Waals surface area contributed by atoms with E-state index >= 15 is 0 Å². The van der Waals surface area contributed by atoms with Crippen LogP contribution in [0, 0.1) is 23.0 Å². The highest BCUT2D eigenvalue weighted by Crippen LogP contribution is 2.40. The van der Waals surface area contributed by atoms with Gasteiger partial charge in [-0.15, -0.1) is 23.1 Å². The van der Waals surface area contributed by atoms with E-state index in [9.17, 15) is 18.8 Å². The second kappa shape index (κ2) is 8.50. The number of nitrogens with one attached hydrogen (secondary N) is 1. The summed E-state index contributed by atoms with van der Waals surface area (Å²) in [5.41, 5.74) is 1.70. The van der Waals surface area contributed by atoms with Gasteiger partial charge in [0.1, 0.15) is 22.7 Å². The second-order valence-corrected chi connectivity index (χ2v) is 8.77. The number of halogens is 2. The monoisotopic (exact) mass is 442 g/mol.